The lowest BCUT2D eigenvalue weighted by molar-refractivity contribution is -0.107. The molecule has 0 aromatic heterocycles. The summed E-state index contributed by atoms with van der Waals surface area (Å²) in [7, 11) is 1.64. The van der Waals surface area contributed by atoms with Gasteiger partial charge in [0.2, 0.25) is 0 Å². The summed E-state index contributed by atoms with van der Waals surface area (Å²) in [6, 6.07) is 5.62. The maximum Gasteiger partial charge on any atom is 0.319 e. The molecule has 1 aromatic rings. The Morgan fingerprint density at radius 1 is 1.41 bits per heavy atom. The van der Waals surface area contributed by atoms with Gasteiger partial charge in [-0.3, -0.25) is 0 Å². The van der Waals surface area contributed by atoms with E-state index in [1.165, 1.54) is 0 Å². The molecule has 3 rings (SSSR count). The molecule has 1 saturated heterocycles. The zero-order valence-electron chi connectivity index (χ0n) is 13.6. The van der Waals surface area contributed by atoms with Crippen LogP contribution in [-0.2, 0) is 4.74 Å². The number of nitrogens with one attached hydrogen (secondary N) is 2. The van der Waals surface area contributed by atoms with Gasteiger partial charge in [0.1, 0.15) is 5.75 Å². The third-order valence-corrected chi connectivity index (χ3v) is 5.04. The highest BCUT2D eigenvalue weighted by molar-refractivity contribution is 5.89. The summed E-state index contributed by atoms with van der Waals surface area (Å²) < 4.78 is 11.0. The predicted molar refractivity (Wildman–Crippen MR) is 85.3 cm³/mol. The van der Waals surface area contributed by atoms with Gasteiger partial charge < -0.3 is 20.1 Å². The fraction of sp³-hybridized carbons (Fsp3) is 0.588. The van der Waals surface area contributed by atoms with E-state index in [1.54, 1.807) is 7.11 Å². The quantitative estimate of drug-likeness (QED) is 0.902. The molecule has 1 saturated carbocycles. The summed E-state index contributed by atoms with van der Waals surface area (Å²) in [5.41, 5.74) is 1.76. The number of anilines is 1. The number of urea groups is 1. The minimum Gasteiger partial charge on any atom is -0.496 e. The van der Waals surface area contributed by atoms with E-state index in [0.29, 0.717) is 5.92 Å². The minimum atomic E-state index is -0.159. The molecule has 2 aliphatic rings. The van der Waals surface area contributed by atoms with Crippen LogP contribution < -0.4 is 15.4 Å². The average molecular weight is 304 g/mol. The van der Waals surface area contributed by atoms with Crippen molar-refractivity contribution >= 4 is 11.7 Å². The first-order valence-corrected chi connectivity index (χ1v) is 7.77. The first-order chi connectivity index (χ1) is 10.4. The van der Waals surface area contributed by atoms with E-state index >= 15 is 0 Å². The zero-order valence-corrected chi connectivity index (χ0v) is 13.6. The van der Waals surface area contributed by atoms with Crippen molar-refractivity contribution in [1.82, 2.24) is 5.32 Å². The smallest absolute Gasteiger partial charge is 0.319 e. The molecular formula is C17H24N2O3. The molecule has 1 heterocycles. The topological polar surface area (TPSA) is 59.6 Å². The van der Waals surface area contributed by atoms with E-state index in [-0.39, 0.29) is 23.6 Å². The highest BCUT2D eigenvalue weighted by Crippen LogP contribution is 2.52. The lowest BCUT2D eigenvalue weighted by Gasteiger charge is -2.54. The predicted octanol–water partition coefficient (Wildman–Crippen LogP) is 2.94. The molecule has 0 radical (unpaired) electrons. The maximum absolute atomic E-state index is 12.3. The van der Waals surface area contributed by atoms with Gasteiger partial charge in [-0.25, -0.2) is 4.79 Å². The van der Waals surface area contributed by atoms with Crippen LogP contribution in [0.3, 0.4) is 0 Å². The van der Waals surface area contributed by atoms with Gasteiger partial charge in [0, 0.05) is 29.7 Å². The molecule has 1 aliphatic carbocycles. The summed E-state index contributed by atoms with van der Waals surface area (Å²) in [6.45, 7) is 7.07. The van der Waals surface area contributed by atoms with Gasteiger partial charge in [0.05, 0.1) is 13.2 Å². The number of carbonyl (C=O) groups excluding carboxylic acids is 1. The molecule has 2 fully saturated rings. The standard InChI is InChI=1S/C17H24N2O3/c1-10-9-11(5-6-13(10)21-4)18-16(20)19-14-12-7-8-22-15(12)17(14,2)3/h5-6,9,12,14-15H,7-8H2,1-4H3,(H2,18,19,20)/t12-,14-,15+/m1/s1. The minimum absolute atomic E-state index is 0.00562. The molecule has 3 atom stereocenters. The number of ether oxygens (including phenoxy) is 2. The van der Waals surface area contributed by atoms with E-state index in [2.05, 4.69) is 24.5 Å². The molecule has 1 aromatic carbocycles. The molecule has 2 amide bonds. The molecule has 0 spiro atoms. The van der Waals surface area contributed by atoms with Gasteiger partial charge in [-0.2, -0.15) is 0 Å². The van der Waals surface area contributed by atoms with Gasteiger partial charge in [0.15, 0.2) is 0 Å². The fourth-order valence-electron chi connectivity index (χ4n) is 3.88. The molecule has 1 aliphatic heterocycles. The molecule has 120 valence electrons. The van der Waals surface area contributed by atoms with Crippen LogP contribution in [0.4, 0.5) is 10.5 Å². The van der Waals surface area contributed by atoms with Gasteiger partial charge in [-0.1, -0.05) is 13.8 Å². The molecule has 22 heavy (non-hydrogen) atoms. The Kier molecular flexibility index (Phi) is 3.77. The second-order valence-corrected chi connectivity index (χ2v) is 6.83. The number of amides is 2. The third kappa shape index (κ3) is 2.43. The van der Waals surface area contributed by atoms with Crippen molar-refractivity contribution in [2.75, 3.05) is 19.0 Å². The number of methoxy groups -OCH3 is 1. The van der Waals surface area contributed by atoms with E-state index in [4.69, 9.17) is 9.47 Å². The van der Waals surface area contributed by atoms with Gasteiger partial charge in [0.25, 0.3) is 0 Å². The highest BCUT2D eigenvalue weighted by Gasteiger charge is 2.59. The van der Waals surface area contributed by atoms with Crippen LogP contribution in [0.2, 0.25) is 0 Å². The van der Waals surface area contributed by atoms with Crippen molar-refractivity contribution in [3.63, 3.8) is 0 Å². The Bertz CT molecular complexity index is 585. The van der Waals surface area contributed by atoms with Gasteiger partial charge in [-0.05, 0) is 37.1 Å². The number of rotatable bonds is 3. The van der Waals surface area contributed by atoms with Crippen LogP contribution in [0.25, 0.3) is 0 Å². The fourth-order valence-corrected chi connectivity index (χ4v) is 3.88. The third-order valence-electron chi connectivity index (χ3n) is 5.04. The average Bonchev–Trinajstić information content (AvgIpc) is 2.92. The van der Waals surface area contributed by atoms with Crippen LogP contribution >= 0.6 is 0 Å². The van der Waals surface area contributed by atoms with E-state index in [9.17, 15) is 4.79 Å². The second kappa shape index (κ2) is 5.47. The lowest BCUT2D eigenvalue weighted by atomic mass is 9.57. The number of aryl methyl sites for hydroxylation is 1. The molecule has 5 heteroatoms. The summed E-state index contributed by atoms with van der Waals surface area (Å²) in [4.78, 5) is 12.3. The number of carbonyl (C=O) groups is 1. The zero-order chi connectivity index (χ0) is 15.9. The molecule has 5 nitrogen and oxygen atoms in total. The Labute approximate surface area is 131 Å². The summed E-state index contributed by atoms with van der Waals surface area (Å²) >= 11 is 0. The van der Waals surface area contributed by atoms with Crippen molar-refractivity contribution in [2.24, 2.45) is 11.3 Å². The first-order valence-electron chi connectivity index (χ1n) is 7.77. The number of hydrogen-bond donors (Lipinski definition) is 2. The SMILES string of the molecule is COc1ccc(NC(=O)N[C@@H]2[C@H]3CCO[C@@H]3C2(C)C)cc1C. The van der Waals surface area contributed by atoms with Crippen LogP contribution in [0.15, 0.2) is 18.2 Å². The van der Waals surface area contributed by atoms with E-state index in [1.807, 2.05) is 25.1 Å². The molecule has 0 bridgehead atoms. The molecular weight excluding hydrogens is 280 g/mol. The molecule has 2 N–H and O–H groups in total. The van der Waals surface area contributed by atoms with Crippen LogP contribution in [0, 0.1) is 18.3 Å². The Morgan fingerprint density at radius 2 is 2.18 bits per heavy atom. The second-order valence-electron chi connectivity index (χ2n) is 6.83. The van der Waals surface area contributed by atoms with Crippen LogP contribution in [0.5, 0.6) is 5.75 Å². The van der Waals surface area contributed by atoms with Crippen LogP contribution in [0.1, 0.15) is 25.8 Å². The van der Waals surface area contributed by atoms with Crippen molar-refractivity contribution in [1.29, 1.82) is 0 Å². The normalized spacial score (nSPS) is 28.5. The van der Waals surface area contributed by atoms with E-state index in [0.717, 1.165) is 30.0 Å². The van der Waals surface area contributed by atoms with Crippen molar-refractivity contribution in [2.45, 2.75) is 39.3 Å². The Hall–Kier alpha value is -1.75. The van der Waals surface area contributed by atoms with Crippen molar-refractivity contribution < 1.29 is 14.3 Å². The van der Waals surface area contributed by atoms with Gasteiger partial charge in [-0.15, -0.1) is 0 Å². The largest absolute Gasteiger partial charge is 0.496 e. The maximum atomic E-state index is 12.3. The summed E-state index contributed by atoms with van der Waals surface area (Å²) in [5, 5.41) is 6.02. The number of hydrogen-bond acceptors (Lipinski definition) is 3. The number of fused-ring (bicyclic) bond motifs is 1. The summed E-state index contributed by atoms with van der Waals surface area (Å²) in [6.07, 6.45) is 1.31. The summed E-state index contributed by atoms with van der Waals surface area (Å²) in [5.74, 6) is 1.26. The number of benzene rings is 1. The van der Waals surface area contributed by atoms with Crippen LogP contribution in [-0.4, -0.2) is 31.9 Å². The highest BCUT2D eigenvalue weighted by atomic mass is 16.5. The van der Waals surface area contributed by atoms with Crippen molar-refractivity contribution in [3.8, 4) is 5.75 Å². The monoisotopic (exact) mass is 304 g/mol. The van der Waals surface area contributed by atoms with Gasteiger partial charge >= 0.3 is 6.03 Å². The Morgan fingerprint density at radius 3 is 2.86 bits per heavy atom. The molecule has 0 unspecified atom stereocenters. The Balaban J connectivity index is 1.62. The van der Waals surface area contributed by atoms with Crippen molar-refractivity contribution in [3.05, 3.63) is 23.8 Å². The van der Waals surface area contributed by atoms with E-state index < -0.39 is 0 Å². The first kappa shape index (κ1) is 15.2. The lowest BCUT2D eigenvalue weighted by Crippen LogP contribution is -2.67.